The van der Waals surface area contributed by atoms with E-state index in [2.05, 4.69) is 0 Å². The van der Waals surface area contributed by atoms with Crippen LogP contribution in [-0.4, -0.2) is 54.6 Å². The van der Waals surface area contributed by atoms with Crippen LogP contribution in [0.1, 0.15) is 5.56 Å². The quantitative estimate of drug-likeness (QED) is 0.408. The molecule has 0 saturated carbocycles. The topological polar surface area (TPSA) is 101 Å². The lowest BCUT2D eigenvalue weighted by molar-refractivity contribution is -0.385. The van der Waals surface area contributed by atoms with Crippen LogP contribution in [0.25, 0.3) is 6.08 Å². The number of sulfonamides is 1. The molecule has 10 heteroatoms. The number of hydrogen-bond donors (Lipinski definition) is 0. The number of halogens is 1. The molecule has 1 saturated heterocycles. The van der Waals surface area contributed by atoms with Crippen molar-refractivity contribution < 1.29 is 18.1 Å². The van der Waals surface area contributed by atoms with Crippen LogP contribution in [-0.2, 0) is 14.8 Å². The van der Waals surface area contributed by atoms with Crippen LogP contribution in [0.4, 0.5) is 5.69 Å². The minimum atomic E-state index is -3.65. The number of para-hydroxylation sites is 1. The van der Waals surface area contributed by atoms with E-state index in [1.54, 1.807) is 18.2 Å². The summed E-state index contributed by atoms with van der Waals surface area (Å²) in [7, 11) is -3.65. The number of nitrogens with zero attached hydrogens (tertiary/aromatic N) is 3. The molecule has 0 N–H and O–H groups in total. The van der Waals surface area contributed by atoms with Crippen molar-refractivity contribution in [3.05, 3.63) is 75.3 Å². The van der Waals surface area contributed by atoms with Crippen molar-refractivity contribution in [3.8, 4) is 0 Å². The Morgan fingerprint density at radius 1 is 1.03 bits per heavy atom. The van der Waals surface area contributed by atoms with Gasteiger partial charge in [0.2, 0.25) is 15.9 Å². The van der Waals surface area contributed by atoms with Gasteiger partial charge in [0.1, 0.15) is 0 Å². The molecular formula is C19H18ClN3O5S. The number of carbonyl (C=O) groups is 1. The highest BCUT2D eigenvalue weighted by molar-refractivity contribution is 7.89. The zero-order chi connectivity index (χ0) is 21.0. The van der Waals surface area contributed by atoms with Crippen molar-refractivity contribution in [3.63, 3.8) is 0 Å². The van der Waals surface area contributed by atoms with Gasteiger partial charge in [-0.05, 0) is 36.4 Å². The van der Waals surface area contributed by atoms with E-state index >= 15 is 0 Å². The second kappa shape index (κ2) is 8.73. The SMILES string of the molecule is O=C(/C=C/c1ccccc1[N+](=O)[O-])N1CCN(S(=O)(=O)c2ccc(Cl)cc2)CC1. The second-order valence-corrected chi connectivity index (χ2v) is 8.71. The Labute approximate surface area is 173 Å². The number of amides is 1. The van der Waals surface area contributed by atoms with Crippen molar-refractivity contribution in [2.24, 2.45) is 0 Å². The summed E-state index contributed by atoms with van der Waals surface area (Å²) in [6.07, 6.45) is 2.67. The minimum absolute atomic E-state index is 0.0876. The summed E-state index contributed by atoms with van der Waals surface area (Å²) >= 11 is 5.81. The predicted octanol–water partition coefficient (Wildman–Crippen LogP) is 2.79. The van der Waals surface area contributed by atoms with Crippen LogP contribution in [0, 0.1) is 10.1 Å². The first kappa shape index (κ1) is 21.0. The Morgan fingerprint density at radius 3 is 2.28 bits per heavy atom. The fraction of sp³-hybridized carbons (Fsp3) is 0.211. The van der Waals surface area contributed by atoms with Gasteiger partial charge in [-0.3, -0.25) is 14.9 Å². The first-order valence-corrected chi connectivity index (χ1v) is 10.6. The van der Waals surface area contributed by atoms with Crippen molar-refractivity contribution in [2.45, 2.75) is 4.90 Å². The van der Waals surface area contributed by atoms with E-state index in [9.17, 15) is 23.3 Å². The summed E-state index contributed by atoms with van der Waals surface area (Å²) in [5.74, 6) is -0.327. The lowest BCUT2D eigenvalue weighted by Crippen LogP contribution is -2.50. The molecule has 0 atom stereocenters. The maximum Gasteiger partial charge on any atom is 0.276 e. The number of nitro benzene ring substituents is 1. The lowest BCUT2D eigenvalue weighted by atomic mass is 10.1. The van der Waals surface area contributed by atoms with E-state index in [0.717, 1.165) is 0 Å². The molecule has 0 radical (unpaired) electrons. The van der Waals surface area contributed by atoms with Gasteiger partial charge in [-0.25, -0.2) is 8.42 Å². The van der Waals surface area contributed by atoms with E-state index in [1.807, 2.05) is 0 Å². The van der Waals surface area contributed by atoms with Crippen molar-refractivity contribution in [2.75, 3.05) is 26.2 Å². The number of hydrogen-bond acceptors (Lipinski definition) is 5. The molecule has 8 nitrogen and oxygen atoms in total. The van der Waals surface area contributed by atoms with Gasteiger partial charge in [0.15, 0.2) is 0 Å². The van der Waals surface area contributed by atoms with Crippen LogP contribution in [0.5, 0.6) is 0 Å². The minimum Gasteiger partial charge on any atom is -0.337 e. The molecule has 1 aliphatic rings. The van der Waals surface area contributed by atoms with Gasteiger partial charge in [-0.2, -0.15) is 4.31 Å². The van der Waals surface area contributed by atoms with Gasteiger partial charge in [0, 0.05) is 43.3 Å². The highest BCUT2D eigenvalue weighted by Crippen LogP contribution is 2.21. The zero-order valence-corrected chi connectivity index (χ0v) is 16.8. The molecule has 2 aromatic rings. The molecule has 152 valence electrons. The molecule has 0 spiro atoms. The van der Waals surface area contributed by atoms with Crippen LogP contribution >= 0.6 is 11.6 Å². The molecule has 0 bridgehead atoms. The Kier molecular flexibility index (Phi) is 6.31. The van der Waals surface area contributed by atoms with Gasteiger partial charge in [0.05, 0.1) is 15.4 Å². The van der Waals surface area contributed by atoms with Gasteiger partial charge in [-0.15, -0.1) is 0 Å². The van der Waals surface area contributed by atoms with Gasteiger partial charge < -0.3 is 4.90 Å². The molecule has 1 fully saturated rings. The van der Waals surface area contributed by atoms with Gasteiger partial charge in [-0.1, -0.05) is 23.7 Å². The monoisotopic (exact) mass is 435 g/mol. The first-order valence-electron chi connectivity index (χ1n) is 8.75. The van der Waals surface area contributed by atoms with E-state index in [1.165, 1.54) is 51.7 Å². The summed E-state index contributed by atoms with van der Waals surface area (Å²) < 4.78 is 26.7. The van der Waals surface area contributed by atoms with E-state index in [0.29, 0.717) is 10.6 Å². The van der Waals surface area contributed by atoms with Crippen LogP contribution in [0.2, 0.25) is 5.02 Å². The molecule has 2 aromatic carbocycles. The maximum atomic E-state index is 12.7. The number of carbonyl (C=O) groups excluding carboxylic acids is 1. The normalized spacial score (nSPS) is 15.6. The van der Waals surface area contributed by atoms with Crippen LogP contribution < -0.4 is 0 Å². The van der Waals surface area contributed by atoms with Gasteiger partial charge >= 0.3 is 0 Å². The highest BCUT2D eigenvalue weighted by Gasteiger charge is 2.29. The summed E-state index contributed by atoms with van der Waals surface area (Å²) in [6, 6.07) is 12.1. The fourth-order valence-corrected chi connectivity index (χ4v) is 4.51. The van der Waals surface area contributed by atoms with Crippen molar-refractivity contribution in [1.29, 1.82) is 0 Å². The van der Waals surface area contributed by atoms with Crippen LogP contribution in [0.3, 0.4) is 0 Å². The van der Waals surface area contributed by atoms with E-state index in [-0.39, 0.29) is 42.7 Å². The zero-order valence-electron chi connectivity index (χ0n) is 15.3. The largest absolute Gasteiger partial charge is 0.337 e. The number of piperazine rings is 1. The molecule has 3 rings (SSSR count). The first-order chi connectivity index (χ1) is 13.8. The number of benzene rings is 2. The Morgan fingerprint density at radius 2 is 1.66 bits per heavy atom. The smallest absolute Gasteiger partial charge is 0.276 e. The molecule has 0 aromatic heterocycles. The third kappa shape index (κ3) is 4.81. The van der Waals surface area contributed by atoms with Crippen molar-refractivity contribution >= 4 is 39.3 Å². The summed E-state index contributed by atoms with van der Waals surface area (Å²) in [6.45, 7) is 0.784. The number of nitro groups is 1. The third-order valence-electron chi connectivity index (χ3n) is 4.54. The molecule has 1 amide bonds. The molecular weight excluding hydrogens is 418 g/mol. The Bertz CT molecular complexity index is 1050. The van der Waals surface area contributed by atoms with Crippen LogP contribution in [0.15, 0.2) is 59.5 Å². The van der Waals surface area contributed by atoms with E-state index < -0.39 is 14.9 Å². The summed E-state index contributed by atoms with van der Waals surface area (Å²) in [5.41, 5.74) is 0.241. The third-order valence-corrected chi connectivity index (χ3v) is 6.71. The second-order valence-electron chi connectivity index (χ2n) is 6.33. The highest BCUT2D eigenvalue weighted by atomic mass is 35.5. The Balaban J connectivity index is 1.64. The fourth-order valence-electron chi connectivity index (χ4n) is 2.97. The molecule has 29 heavy (non-hydrogen) atoms. The molecule has 1 aliphatic heterocycles. The predicted molar refractivity (Wildman–Crippen MR) is 109 cm³/mol. The maximum absolute atomic E-state index is 12.7. The molecule has 1 heterocycles. The molecule has 0 unspecified atom stereocenters. The Hall–Kier alpha value is -2.75. The lowest BCUT2D eigenvalue weighted by Gasteiger charge is -2.33. The average Bonchev–Trinajstić information content (AvgIpc) is 2.72. The summed E-state index contributed by atoms with van der Waals surface area (Å²) in [4.78, 5) is 24.6. The standard InChI is InChI=1S/C19H18ClN3O5S/c20-16-6-8-17(9-7-16)29(27,28)22-13-11-21(12-14-22)19(24)10-5-15-3-1-2-4-18(15)23(25)26/h1-10H,11-14H2/b10-5+. The molecule has 0 aliphatic carbocycles. The average molecular weight is 436 g/mol. The van der Waals surface area contributed by atoms with E-state index in [4.69, 9.17) is 11.6 Å². The van der Waals surface area contributed by atoms with Gasteiger partial charge in [0.25, 0.3) is 5.69 Å². The summed E-state index contributed by atoms with van der Waals surface area (Å²) in [5, 5.41) is 11.5. The number of rotatable bonds is 5. The van der Waals surface area contributed by atoms with Crippen molar-refractivity contribution in [1.82, 2.24) is 9.21 Å².